The molecule has 0 spiro atoms. The molecule has 0 aromatic heterocycles. The molecular formula is C22H34FNO2. The van der Waals surface area contributed by atoms with Crippen molar-refractivity contribution < 1.29 is 13.9 Å². The molecule has 1 aliphatic heterocycles. The molecule has 2 rings (SSSR count). The minimum atomic E-state index is -0.369. The zero-order valence-corrected chi connectivity index (χ0v) is 17.0. The number of carbonyl (C=O) groups is 1. The van der Waals surface area contributed by atoms with Crippen molar-refractivity contribution in [2.24, 2.45) is 0 Å². The van der Waals surface area contributed by atoms with Crippen molar-refractivity contribution in [3.63, 3.8) is 0 Å². The number of piperidine rings is 1. The number of rotatable bonds is 7. The van der Waals surface area contributed by atoms with Gasteiger partial charge < -0.3 is 4.74 Å². The van der Waals surface area contributed by atoms with Crippen LogP contribution < -0.4 is 4.74 Å². The lowest BCUT2D eigenvalue weighted by atomic mass is 9.83. The molecular weight excluding hydrogens is 329 g/mol. The molecule has 1 aromatic rings. The predicted molar refractivity (Wildman–Crippen MR) is 105 cm³/mol. The van der Waals surface area contributed by atoms with Gasteiger partial charge in [0.1, 0.15) is 11.5 Å². The van der Waals surface area contributed by atoms with Gasteiger partial charge in [0.25, 0.3) is 0 Å². The van der Waals surface area contributed by atoms with Gasteiger partial charge in [-0.3, -0.25) is 14.1 Å². The molecule has 1 saturated heterocycles. The highest BCUT2D eigenvalue weighted by Gasteiger charge is 2.27. The van der Waals surface area contributed by atoms with Crippen LogP contribution in [-0.2, 0) is 16.8 Å². The quantitative estimate of drug-likeness (QED) is 0.640. The maximum absolute atomic E-state index is 12.5. The van der Waals surface area contributed by atoms with Gasteiger partial charge in [0.05, 0.1) is 19.3 Å². The van der Waals surface area contributed by atoms with Gasteiger partial charge in [0.15, 0.2) is 0 Å². The number of Topliss-reactive ketones (excluding diaryl/α,β-unsaturated/α-hetero) is 1. The molecule has 0 radical (unpaired) electrons. The van der Waals surface area contributed by atoms with Gasteiger partial charge in [-0.15, -0.1) is 0 Å². The molecule has 0 N–H and O–H groups in total. The van der Waals surface area contributed by atoms with Crippen molar-refractivity contribution in [3.8, 4) is 5.75 Å². The first kappa shape index (κ1) is 20.9. The zero-order valence-electron chi connectivity index (χ0n) is 17.0. The zero-order chi connectivity index (χ0) is 19.3. The van der Waals surface area contributed by atoms with Crippen LogP contribution in [0.3, 0.4) is 0 Å². The molecule has 146 valence electrons. The fourth-order valence-electron chi connectivity index (χ4n) is 3.91. The number of halogens is 1. The number of nitrogens with zero attached hydrogens (tertiary/aromatic N) is 1. The van der Waals surface area contributed by atoms with Gasteiger partial charge in [-0.1, -0.05) is 33.3 Å². The summed E-state index contributed by atoms with van der Waals surface area (Å²) in [5, 5.41) is 0. The van der Waals surface area contributed by atoms with Crippen LogP contribution in [0.4, 0.5) is 4.39 Å². The lowest BCUT2D eigenvalue weighted by Crippen LogP contribution is -2.43. The van der Waals surface area contributed by atoms with Crippen LogP contribution in [-0.4, -0.2) is 36.6 Å². The van der Waals surface area contributed by atoms with E-state index in [-0.39, 0.29) is 23.9 Å². The third-order valence-electron chi connectivity index (χ3n) is 5.21. The molecule has 0 amide bonds. The Morgan fingerprint density at radius 3 is 2.65 bits per heavy atom. The molecule has 1 aliphatic rings. The smallest absolute Gasteiger partial charge is 0.146 e. The first-order valence-corrected chi connectivity index (χ1v) is 9.81. The first-order chi connectivity index (χ1) is 12.2. The largest absolute Gasteiger partial charge is 0.493 e. The van der Waals surface area contributed by atoms with E-state index in [1.807, 2.05) is 0 Å². The molecule has 1 atom stereocenters. The number of alkyl halides is 1. The Labute approximate surface area is 157 Å². The summed E-state index contributed by atoms with van der Waals surface area (Å²) >= 11 is 0. The van der Waals surface area contributed by atoms with Crippen molar-refractivity contribution in [1.29, 1.82) is 0 Å². The van der Waals surface area contributed by atoms with Crippen LogP contribution in [0.5, 0.6) is 5.75 Å². The summed E-state index contributed by atoms with van der Waals surface area (Å²) in [6.45, 7) is 12.1. The number of aryl methyl sites for hydroxylation is 1. The molecule has 1 fully saturated rings. The summed E-state index contributed by atoms with van der Waals surface area (Å²) in [5.41, 5.74) is 3.61. The number of likely N-dealkylation sites (tertiary alicyclic amines) is 1. The molecule has 0 saturated carbocycles. The van der Waals surface area contributed by atoms with Gasteiger partial charge in [-0.05, 0) is 55.8 Å². The second-order valence-electron chi connectivity index (χ2n) is 8.51. The van der Waals surface area contributed by atoms with Crippen molar-refractivity contribution in [3.05, 3.63) is 28.8 Å². The Bertz CT molecular complexity index is 621. The highest BCUT2D eigenvalue weighted by molar-refractivity contribution is 5.81. The van der Waals surface area contributed by atoms with Crippen LogP contribution in [0.2, 0.25) is 0 Å². The van der Waals surface area contributed by atoms with Crippen LogP contribution in [0.15, 0.2) is 12.1 Å². The minimum absolute atomic E-state index is 0.00467. The minimum Gasteiger partial charge on any atom is -0.493 e. The Balaban J connectivity index is 2.32. The molecule has 26 heavy (non-hydrogen) atoms. The maximum Gasteiger partial charge on any atom is 0.146 e. The summed E-state index contributed by atoms with van der Waals surface area (Å²) in [5.74, 6) is 1.08. The molecule has 3 nitrogen and oxygen atoms in total. The number of ketones is 1. The van der Waals surface area contributed by atoms with Gasteiger partial charge in [0, 0.05) is 18.5 Å². The Morgan fingerprint density at radius 2 is 2.04 bits per heavy atom. The highest BCUT2D eigenvalue weighted by atomic mass is 19.1. The lowest BCUT2D eigenvalue weighted by molar-refractivity contribution is -0.123. The van der Waals surface area contributed by atoms with E-state index in [0.717, 1.165) is 37.1 Å². The normalized spacial score (nSPS) is 18.8. The summed E-state index contributed by atoms with van der Waals surface area (Å²) in [4.78, 5) is 14.3. The van der Waals surface area contributed by atoms with E-state index in [2.05, 4.69) is 44.7 Å². The fourth-order valence-corrected chi connectivity index (χ4v) is 3.91. The standard InChI is InChI=1S/C22H34FNO2/c1-16-13-18(15-24-11-7-6-9-20(24)17(2)25)21(26-12-8-10-23)14-19(16)22(3,4)5/h13-14,20H,6-12,15H2,1-5H3/t20-/m0/s1. The summed E-state index contributed by atoms with van der Waals surface area (Å²) < 4.78 is 18.5. The topological polar surface area (TPSA) is 29.5 Å². The van der Waals surface area contributed by atoms with Crippen LogP contribution in [0.25, 0.3) is 0 Å². The van der Waals surface area contributed by atoms with Crippen LogP contribution >= 0.6 is 0 Å². The summed E-state index contributed by atoms with van der Waals surface area (Å²) in [6, 6.07) is 4.32. The van der Waals surface area contributed by atoms with E-state index < -0.39 is 0 Å². The van der Waals surface area contributed by atoms with E-state index in [9.17, 15) is 9.18 Å². The van der Waals surface area contributed by atoms with E-state index in [1.54, 1.807) is 6.92 Å². The van der Waals surface area contributed by atoms with Gasteiger partial charge >= 0.3 is 0 Å². The number of benzene rings is 1. The van der Waals surface area contributed by atoms with Crippen LogP contribution in [0.1, 0.15) is 70.1 Å². The van der Waals surface area contributed by atoms with Gasteiger partial charge in [0.2, 0.25) is 0 Å². The number of ether oxygens (including phenoxy) is 1. The molecule has 1 aromatic carbocycles. The monoisotopic (exact) mass is 363 g/mol. The third-order valence-corrected chi connectivity index (χ3v) is 5.21. The van der Waals surface area contributed by atoms with Crippen LogP contribution in [0, 0.1) is 6.92 Å². The molecule has 4 heteroatoms. The summed E-state index contributed by atoms with van der Waals surface area (Å²) in [7, 11) is 0. The van der Waals surface area contributed by atoms with Crippen molar-refractivity contribution in [2.45, 2.75) is 78.3 Å². The van der Waals surface area contributed by atoms with E-state index in [1.165, 1.54) is 11.1 Å². The first-order valence-electron chi connectivity index (χ1n) is 9.81. The predicted octanol–water partition coefficient (Wildman–Crippen LogP) is 4.97. The average Bonchev–Trinajstić information content (AvgIpc) is 2.56. The molecule has 0 aliphatic carbocycles. The molecule has 0 unspecified atom stereocenters. The highest BCUT2D eigenvalue weighted by Crippen LogP contribution is 2.33. The molecule has 0 bridgehead atoms. The Kier molecular flexibility index (Phi) is 7.22. The second kappa shape index (κ2) is 8.98. The number of hydrogen-bond donors (Lipinski definition) is 0. The summed E-state index contributed by atoms with van der Waals surface area (Å²) in [6.07, 6.45) is 3.58. The van der Waals surface area contributed by atoms with Gasteiger partial charge in [-0.25, -0.2) is 0 Å². The maximum atomic E-state index is 12.5. The van der Waals surface area contributed by atoms with Crippen molar-refractivity contribution >= 4 is 5.78 Å². The van der Waals surface area contributed by atoms with E-state index >= 15 is 0 Å². The van der Waals surface area contributed by atoms with E-state index in [4.69, 9.17) is 4.74 Å². The second-order valence-corrected chi connectivity index (χ2v) is 8.51. The fraction of sp³-hybridized carbons (Fsp3) is 0.682. The van der Waals surface area contributed by atoms with Gasteiger partial charge in [-0.2, -0.15) is 0 Å². The van der Waals surface area contributed by atoms with Crippen molar-refractivity contribution in [1.82, 2.24) is 4.90 Å². The van der Waals surface area contributed by atoms with Crippen molar-refractivity contribution in [2.75, 3.05) is 19.8 Å². The third kappa shape index (κ3) is 5.29. The SMILES string of the molecule is CC(=O)[C@@H]1CCCCN1Cc1cc(C)c(C(C)(C)C)cc1OCCCF. The lowest BCUT2D eigenvalue weighted by Gasteiger charge is -2.35. The van der Waals surface area contributed by atoms with E-state index in [0.29, 0.717) is 19.6 Å². The Hall–Kier alpha value is -1.42. The Morgan fingerprint density at radius 1 is 1.31 bits per heavy atom. The average molecular weight is 364 g/mol. The number of hydrogen-bond acceptors (Lipinski definition) is 3. The number of carbonyl (C=O) groups excluding carboxylic acids is 1. The molecule has 1 heterocycles.